The fourth-order valence-electron chi connectivity index (χ4n) is 2.46. The second kappa shape index (κ2) is 7.97. The van der Waals surface area contributed by atoms with E-state index in [1.165, 1.54) is 18.4 Å². The predicted molar refractivity (Wildman–Crippen MR) is 97.8 cm³/mol. The number of amides is 1. The molecule has 1 amide bonds. The zero-order chi connectivity index (χ0) is 18.5. The minimum absolute atomic E-state index is 0.0423. The van der Waals surface area contributed by atoms with Gasteiger partial charge in [0.25, 0.3) is 5.91 Å². The van der Waals surface area contributed by atoms with E-state index in [0.29, 0.717) is 10.8 Å². The van der Waals surface area contributed by atoms with Crippen molar-refractivity contribution in [3.05, 3.63) is 64.9 Å². The van der Waals surface area contributed by atoms with E-state index in [0.717, 1.165) is 11.3 Å². The number of nitrogens with one attached hydrogen (secondary N) is 1. The number of ether oxygens (including phenoxy) is 1. The number of furan rings is 1. The Labute approximate surface area is 154 Å². The lowest BCUT2D eigenvalue weighted by Crippen LogP contribution is -2.30. The number of hydrogen-bond acceptors (Lipinski definition) is 6. The molecule has 26 heavy (non-hydrogen) atoms. The molecule has 134 valence electrons. The summed E-state index contributed by atoms with van der Waals surface area (Å²) in [5.41, 5.74) is 1.10. The summed E-state index contributed by atoms with van der Waals surface area (Å²) < 4.78 is 10.3. The number of thiazole rings is 1. The first-order valence-electron chi connectivity index (χ1n) is 8.02. The molecule has 0 unspecified atom stereocenters. The molecule has 2 heterocycles. The highest BCUT2D eigenvalue weighted by atomic mass is 32.1. The second-order valence-corrected chi connectivity index (χ2v) is 6.52. The van der Waals surface area contributed by atoms with Crippen LogP contribution in [0.25, 0.3) is 10.8 Å². The Balaban J connectivity index is 1.77. The number of rotatable bonds is 6. The summed E-state index contributed by atoms with van der Waals surface area (Å²) >= 11 is 1.33. The molecule has 0 spiro atoms. The molecule has 1 aromatic carbocycles. The Morgan fingerprint density at radius 1 is 1.23 bits per heavy atom. The molecular weight excluding hydrogens is 352 g/mol. The molecule has 0 aliphatic rings. The molecule has 1 atom stereocenters. The number of methoxy groups -OCH3 is 1. The van der Waals surface area contributed by atoms with Gasteiger partial charge in [-0.25, -0.2) is 4.98 Å². The molecule has 0 saturated carbocycles. The topological polar surface area (TPSA) is 81.4 Å². The molecule has 0 aliphatic heterocycles. The van der Waals surface area contributed by atoms with Crippen molar-refractivity contribution in [1.29, 1.82) is 0 Å². The Morgan fingerprint density at radius 3 is 2.65 bits per heavy atom. The van der Waals surface area contributed by atoms with Crippen LogP contribution in [-0.2, 0) is 9.53 Å². The van der Waals surface area contributed by atoms with E-state index < -0.39 is 12.0 Å². The van der Waals surface area contributed by atoms with Crippen LogP contribution < -0.4 is 5.32 Å². The van der Waals surface area contributed by atoms with Gasteiger partial charge in [-0.3, -0.25) is 9.59 Å². The van der Waals surface area contributed by atoms with Crippen LogP contribution in [0.1, 0.15) is 34.3 Å². The van der Waals surface area contributed by atoms with Gasteiger partial charge < -0.3 is 14.5 Å². The number of carbonyl (C=O) groups excluding carboxylic acids is 2. The number of nitrogens with zero attached hydrogens (tertiary/aromatic N) is 1. The van der Waals surface area contributed by atoms with Crippen molar-refractivity contribution in [2.45, 2.75) is 19.4 Å². The summed E-state index contributed by atoms with van der Waals surface area (Å²) in [5, 5.41) is 5.16. The lowest BCUT2D eigenvalue weighted by Gasteiger charge is -2.17. The minimum atomic E-state index is -0.493. The fourth-order valence-corrected chi connectivity index (χ4v) is 3.22. The van der Waals surface area contributed by atoms with Gasteiger partial charge in [-0.05, 0) is 24.6 Å². The quantitative estimate of drug-likeness (QED) is 0.669. The van der Waals surface area contributed by atoms with E-state index in [-0.39, 0.29) is 18.0 Å². The van der Waals surface area contributed by atoms with E-state index >= 15 is 0 Å². The number of aromatic nitrogens is 1. The number of benzene rings is 1. The molecule has 1 N–H and O–H groups in total. The molecule has 3 rings (SSSR count). The number of hydrogen-bond donors (Lipinski definition) is 1. The van der Waals surface area contributed by atoms with Gasteiger partial charge in [0.2, 0.25) is 0 Å². The molecule has 6 nitrogen and oxygen atoms in total. The van der Waals surface area contributed by atoms with Crippen LogP contribution in [0.5, 0.6) is 0 Å². The van der Waals surface area contributed by atoms with Gasteiger partial charge in [0.1, 0.15) is 11.5 Å². The minimum Gasteiger partial charge on any atom is -0.469 e. The van der Waals surface area contributed by atoms with Crippen LogP contribution in [0.15, 0.2) is 52.3 Å². The lowest BCUT2D eigenvalue weighted by atomic mass is 10.0. The standard InChI is InChI=1S/C19H18N2O4S/c1-12-8-9-16(25-12)19-21-15(11-26-19)18(23)20-14(10-17(22)24-2)13-6-4-3-5-7-13/h3-9,11,14H,10H2,1-2H3,(H,20,23)/t14-/m1/s1. The summed E-state index contributed by atoms with van der Waals surface area (Å²) in [6, 6.07) is 12.5. The van der Waals surface area contributed by atoms with Crippen LogP contribution in [0, 0.1) is 6.92 Å². The van der Waals surface area contributed by atoms with Gasteiger partial charge >= 0.3 is 5.97 Å². The van der Waals surface area contributed by atoms with E-state index in [2.05, 4.69) is 10.3 Å². The van der Waals surface area contributed by atoms with E-state index in [1.807, 2.05) is 49.4 Å². The Hall–Kier alpha value is -2.93. The van der Waals surface area contributed by atoms with Crippen LogP contribution in [0.4, 0.5) is 0 Å². The van der Waals surface area contributed by atoms with Gasteiger partial charge in [-0.1, -0.05) is 30.3 Å². The number of aryl methyl sites for hydroxylation is 1. The maximum Gasteiger partial charge on any atom is 0.307 e. The largest absolute Gasteiger partial charge is 0.469 e. The lowest BCUT2D eigenvalue weighted by molar-refractivity contribution is -0.141. The molecule has 0 saturated heterocycles. The van der Waals surface area contributed by atoms with E-state index in [1.54, 1.807) is 5.38 Å². The van der Waals surface area contributed by atoms with Crippen molar-refractivity contribution >= 4 is 23.2 Å². The third-order valence-corrected chi connectivity index (χ3v) is 4.65. The van der Waals surface area contributed by atoms with Crippen LogP contribution in [-0.4, -0.2) is 24.0 Å². The summed E-state index contributed by atoms with van der Waals surface area (Å²) in [4.78, 5) is 28.6. The van der Waals surface area contributed by atoms with Gasteiger partial charge in [0, 0.05) is 5.38 Å². The third-order valence-electron chi connectivity index (χ3n) is 3.79. The average Bonchev–Trinajstić information content (AvgIpc) is 3.30. The Kier molecular flexibility index (Phi) is 5.48. The Morgan fingerprint density at radius 2 is 2.00 bits per heavy atom. The maximum absolute atomic E-state index is 12.6. The van der Waals surface area contributed by atoms with Crippen molar-refractivity contribution < 1.29 is 18.7 Å². The first-order chi connectivity index (χ1) is 12.6. The van der Waals surface area contributed by atoms with E-state index in [4.69, 9.17) is 9.15 Å². The zero-order valence-corrected chi connectivity index (χ0v) is 15.2. The van der Waals surface area contributed by atoms with Gasteiger partial charge in [0.05, 0.1) is 19.6 Å². The molecular formula is C19H18N2O4S. The van der Waals surface area contributed by atoms with E-state index in [9.17, 15) is 9.59 Å². The maximum atomic E-state index is 12.6. The third kappa shape index (κ3) is 4.18. The van der Waals surface area contributed by atoms with Gasteiger partial charge in [-0.2, -0.15) is 0 Å². The molecule has 0 radical (unpaired) electrons. The monoisotopic (exact) mass is 370 g/mol. The first-order valence-corrected chi connectivity index (χ1v) is 8.89. The Bertz CT molecular complexity index is 901. The van der Waals surface area contributed by atoms with Gasteiger partial charge in [-0.15, -0.1) is 11.3 Å². The first kappa shape index (κ1) is 17.9. The summed E-state index contributed by atoms with van der Waals surface area (Å²) in [6.45, 7) is 1.85. The molecule has 3 aromatic rings. The van der Waals surface area contributed by atoms with Crippen molar-refractivity contribution in [1.82, 2.24) is 10.3 Å². The highest BCUT2D eigenvalue weighted by molar-refractivity contribution is 7.13. The summed E-state index contributed by atoms with van der Waals surface area (Å²) in [6.07, 6.45) is 0.0423. The highest BCUT2D eigenvalue weighted by Crippen LogP contribution is 2.26. The number of carbonyl (C=O) groups is 2. The molecule has 0 fully saturated rings. The number of esters is 1. The summed E-state index contributed by atoms with van der Waals surface area (Å²) in [5.74, 6) is 0.654. The normalized spacial score (nSPS) is 11.8. The zero-order valence-electron chi connectivity index (χ0n) is 14.4. The van der Waals surface area contributed by atoms with Crippen LogP contribution in [0.3, 0.4) is 0 Å². The van der Waals surface area contributed by atoms with Gasteiger partial charge in [0.15, 0.2) is 10.8 Å². The highest BCUT2D eigenvalue weighted by Gasteiger charge is 2.21. The van der Waals surface area contributed by atoms with Crippen LogP contribution >= 0.6 is 11.3 Å². The average molecular weight is 370 g/mol. The molecule has 7 heteroatoms. The molecule has 0 aliphatic carbocycles. The SMILES string of the molecule is COC(=O)C[C@@H](NC(=O)c1csc(-c2ccc(C)o2)n1)c1ccccc1. The van der Waals surface area contributed by atoms with Crippen molar-refractivity contribution in [2.75, 3.05) is 7.11 Å². The van der Waals surface area contributed by atoms with Crippen molar-refractivity contribution in [3.63, 3.8) is 0 Å². The van der Waals surface area contributed by atoms with Crippen molar-refractivity contribution in [2.24, 2.45) is 0 Å². The second-order valence-electron chi connectivity index (χ2n) is 5.67. The predicted octanol–water partition coefficient (Wildman–Crippen LogP) is 3.75. The summed E-state index contributed by atoms with van der Waals surface area (Å²) in [7, 11) is 1.32. The molecule has 0 bridgehead atoms. The van der Waals surface area contributed by atoms with Crippen molar-refractivity contribution in [3.8, 4) is 10.8 Å². The van der Waals surface area contributed by atoms with Crippen LogP contribution in [0.2, 0.25) is 0 Å². The smallest absolute Gasteiger partial charge is 0.307 e. The fraction of sp³-hybridized carbons (Fsp3) is 0.211. The molecule has 2 aromatic heterocycles.